The zero-order valence-corrected chi connectivity index (χ0v) is 11.7. The Hall–Kier alpha value is -0.130. The van der Waals surface area contributed by atoms with Gasteiger partial charge in [-0.25, -0.2) is 0 Å². The lowest BCUT2D eigenvalue weighted by molar-refractivity contribution is 0.00567. The van der Waals surface area contributed by atoms with Crippen molar-refractivity contribution >= 4 is 22.6 Å². The average Bonchev–Trinajstić information content (AvgIpc) is 2.31. The molecule has 2 nitrogen and oxygen atoms in total. The SMILES string of the molecule is CC(O)(c1ccc(I)cc1)C1CCCCN1. The minimum Gasteiger partial charge on any atom is -0.384 e. The summed E-state index contributed by atoms with van der Waals surface area (Å²) in [6.45, 7) is 2.93. The summed E-state index contributed by atoms with van der Waals surface area (Å²) in [5, 5.41) is 14.1. The molecule has 2 atom stereocenters. The van der Waals surface area contributed by atoms with Gasteiger partial charge in [-0.15, -0.1) is 0 Å². The Labute approximate surface area is 111 Å². The molecule has 2 N–H and O–H groups in total. The second-order valence-corrected chi connectivity index (χ2v) is 5.90. The summed E-state index contributed by atoms with van der Waals surface area (Å²) in [6.07, 6.45) is 3.48. The third-order valence-corrected chi connectivity index (χ3v) is 4.14. The van der Waals surface area contributed by atoms with Gasteiger partial charge in [-0.05, 0) is 66.6 Å². The maximum Gasteiger partial charge on any atom is 0.102 e. The van der Waals surface area contributed by atoms with E-state index in [1.54, 1.807) is 0 Å². The molecule has 16 heavy (non-hydrogen) atoms. The van der Waals surface area contributed by atoms with Crippen molar-refractivity contribution in [2.75, 3.05) is 6.54 Å². The molecule has 1 aliphatic heterocycles. The van der Waals surface area contributed by atoms with Crippen molar-refractivity contribution in [1.82, 2.24) is 5.32 Å². The van der Waals surface area contributed by atoms with Crippen LogP contribution in [0.3, 0.4) is 0 Å². The second-order valence-electron chi connectivity index (χ2n) is 4.66. The predicted molar refractivity (Wildman–Crippen MR) is 74.4 cm³/mol. The first-order valence-corrected chi connectivity index (χ1v) is 6.90. The molecule has 0 aromatic heterocycles. The zero-order valence-electron chi connectivity index (χ0n) is 9.54. The van der Waals surface area contributed by atoms with Crippen LogP contribution in [0.15, 0.2) is 24.3 Å². The highest BCUT2D eigenvalue weighted by molar-refractivity contribution is 14.1. The fourth-order valence-electron chi connectivity index (χ4n) is 2.32. The first kappa shape index (κ1) is 12.3. The van der Waals surface area contributed by atoms with Crippen LogP contribution in [0.1, 0.15) is 31.7 Å². The van der Waals surface area contributed by atoms with Gasteiger partial charge in [-0.2, -0.15) is 0 Å². The smallest absolute Gasteiger partial charge is 0.102 e. The van der Waals surface area contributed by atoms with Crippen LogP contribution in [0, 0.1) is 3.57 Å². The van der Waals surface area contributed by atoms with Crippen molar-refractivity contribution in [1.29, 1.82) is 0 Å². The first-order chi connectivity index (χ1) is 7.60. The van der Waals surface area contributed by atoms with Crippen LogP contribution in [0.25, 0.3) is 0 Å². The molecule has 1 heterocycles. The molecule has 0 amide bonds. The van der Waals surface area contributed by atoms with Crippen LogP contribution in [-0.4, -0.2) is 17.7 Å². The summed E-state index contributed by atoms with van der Waals surface area (Å²) in [7, 11) is 0. The van der Waals surface area contributed by atoms with Gasteiger partial charge in [0, 0.05) is 9.61 Å². The normalized spacial score (nSPS) is 25.1. The van der Waals surface area contributed by atoms with Gasteiger partial charge in [0.25, 0.3) is 0 Å². The Morgan fingerprint density at radius 1 is 1.31 bits per heavy atom. The number of rotatable bonds is 2. The van der Waals surface area contributed by atoms with Crippen molar-refractivity contribution in [2.24, 2.45) is 0 Å². The summed E-state index contributed by atoms with van der Waals surface area (Å²) in [4.78, 5) is 0. The molecule has 0 radical (unpaired) electrons. The topological polar surface area (TPSA) is 32.3 Å². The second kappa shape index (κ2) is 5.02. The fraction of sp³-hybridized carbons (Fsp3) is 0.538. The van der Waals surface area contributed by atoms with Crippen molar-refractivity contribution < 1.29 is 5.11 Å². The number of halogens is 1. The van der Waals surface area contributed by atoms with Gasteiger partial charge in [-0.3, -0.25) is 0 Å². The third-order valence-electron chi connectivity index (χ3n) is 3.42. The van der Waals surface area contributed by atoms with Gasteiger partial charge in [0.2, 0.25) is 0 Å². The summed E-state index contributed by atoms with van der Waals surface area (Å²) < 4.78 is 1.20. The molecule has 1 aromatic carbocycles. The van der Waals surface area contributed by atoms with E-state index in [1.165, 1.54) is 16.4 Å². The molecule has 0 aliphatic carbocycles. The molecule has 3 heteroatoms. The minimum absolute atomic E-state index is 0.182. The van der Waals surface area contributed by atoms with E-state index in [9.17, 15) is 5.11 Å². The highest BCUT2D eigenvalue weighted by Gasteiger charge is 2.34. The van der Waals surface area contributed by atoms with E-state index in [0.717, 1.165) is 18.5 Å². The molecule has 2 rings (SSSR count). The maximum atomic E-state index is 10.6. The van der Waals surface area contributed by atoms with Crippen LogP contribution >= 0.6 is 22.6 Å². The lowest BCUT2D eigenvalue weighted by Crippen LogP contribution is -2.49. The highest BCUT2D eigenvalue weighted by atomic mass is 127. The first-order valence-electron chi connectivity index (χ1n) is 5.82. The quantitative estimate of drug-likeness (QED) is 0.817. The number of hydrogen-bond donors (Lipinski definition) is 2. The van der Waals surface area contributed by atoms with Crippen LogP contribution in [0.4, 0.5) is 0 Å². The zero-order chi connectivity index (χ0) is 11.6. The number of benzene rings is 1. The molecule has 1 fully saturated rings. The lowest BCUT2D eigenvalue weighted by atomic mass is 9.84. The molecule has 88 valence electrons. The Morgan fingerprint density at radius 2 is 2.00 bits per heavy atom. The third kappa shape index (κ3) is 2.57. The highest BCUT2D eigenvalue weighted by Crippen LogP contribution is 2.29. The van der Waals surface area contributed by atoms with E-state index in [2.05, 4.69) is 27.9 Å². The van der Waals surface area contributed by atoms with Crippen LogP contribution in [-0.2, 0) is 5.60 Å². The van der Waals surface area contributed by atoms with Gasteiger partial charge in [0.05, 0.1) is 0 Å². The van der Waals surface area contributed by atoms with Crippen molar-refractivity contribution in [2.45, 2.75) is 37.8 Å². The van der Waals surface area contributed by atoms with Crippen LogP contribution < -0.4 is 5.32 Å². The van der Waals surface area contributed by atoms with E-state index >= 15 is 0 Å². The van der Waals surface area contributed by atoms with E-state index in [1.807, 2.05) is 31.2 Å². The van der Waals surface area contributed by atoms with Gasteiger partial charge < -0.3 is 10.4 Å². The standard InChI is InChI=1S/C13H18INO/c1-13(16,12-4-2-3-9-15-12)10-5-7-11(14)8-6-10/h5-8,12,15-16H,2-4,9H2,1H3. The Bertz CT molecular complexity index is 341. The molecule has 1 aromatic rings. The molecule has 1 saturated heterocycles. The molecule has 0 saturated carbocycles. The molecule has 1 aliphatic rings. The Balaban J connectivity index is 2.19. The number of aliphatic hydroxyl groups is 1. The summed E-state index contributed by atoms with van der Waals surface area (Å²) in [6, 6.07) is 8.33. The van der Waals surface area contributed by atoms with Gasteiger partial charge in [0.15, 0.2) is 0 Å². The summed E-state index contributed by atoms with van der Waals surface area (Å²) in [5.41, 5.74) is 0.248. The number of piperidine rings is 1. The van der Waals surface area contributed by atoms with E-state index in [-0.39, 0.29) is 6.04 Å². The predicted octanol–water partition coefficient (Wildman–Crippen LogP) is 2.64. The molecule has 2 unspecified atom stereocenters. The lowest BCUT2D eigenvalue weighted by Gasteiger charge is -2.36. The van der Waals surface area contributed by atoms with Crippen molar-refractivity contribution in [3.8, 4) is 0 Å². The average molecular weight is 331 g/mol. The largest absolute Gasteiger partial charge is 0.384 e. The van der Waals surface area contributed by atoms with Crippen LogP contribution in [0.5, 0.6) is 0 Å². The Morgan fingerprint density at radius 3 is 2.56 bits per heavy atom. The number of hydrogen-bond acceptors (Lipinski definition) is 2. The summed E-state index contributed by atoms with van der Waals surface area (Å²) in [5.74, 6) is 0. The van der Waals surface area contributed by atoms with Gasteiger partial charge >= 0.3 is 0 Å². The van der Waals surface area contributed by atoms with Crippen LogP contribution in [0.2, 0.25) is 0 Å². The Kier molecular flexibility index (Phi) is 3.87. The van der Waals surface area contributed by atoms with E-state index in [0.29, 0.717) is 0 Å². The van der Waals surface area contributed by atoms with Gasteiger partial charge in [0.1, 0.15) is 5.60 Å². The van der Waals surface area contributed by atoms with Crippen molar-refractivity contribution in [3.05, 3.63) is 33.4 Å². The molecule has 0 bridgehead atoms. The maximum absolute atomic E-state index is 10.6. The summed E-state index contributed by atoms with van der Waals surface area (Å²) >= 11 is 2.28. The van der Waals surface area contributed by atoms with Gasteiger partial charge in [-0.1, -0.05) is 18.6 Å². The molecule has 0 spiro atoms. The minimum atomic E-state index is -0.759. The van der Waals surface area contributed by atoms with E-state index in [4.69, 9.17) is 0 Å². The molecular weight excluding hydrogens is 313 g/mol. The fourth-order valence-corrected chi connectivity index (χ4v) is 2.68. The molecular formula is C13H18INO. The monoisotopic (exact) mass is 331 g/mol. The van der Waals surface area contributed by atoms with Crippen molar-refractivity contribution in [3.63, 3.8) is 0 Å². The van der Waals surface area contributed by atoms with E-state index < -0.39 is 5.60 Å². The number of nitrogens with one attached hydrogen (secondary N) is 1.